The van der Waals surface area contributed by atoms with E-state index in [4.69, 9.17) is 10.00 Å². The highest BCUT2D eigenvalue weighted by molar-refractivity contribution is 5.42. The summed E-state index contributed by atoms with van der Waals surface area (Å²) in [5, 5.41) is 9.04. The Balaban J connectivity index is 2.15. The Morgan fingerprint density at radius 2 is 1.95 bits per heavy atom. The number of hydrogen-bond acceptors (Lipinski definition) is 4. The van der Waals surface area contributed by atoms with Crippen molar-refractivity contribution in [1.29, 1.82) is 5.26 Å². The maximum Gasteiger partial charge on any atom is 0.123 e. The fraction of sp³-hybridized carbons (Fsp3) is 0.562. The zero-order chi connectivity index (χ0) is 14.7. The molecule has 2 rings (SSSR count). The summed E-state index contributed by atoms with van der Waals surface area (Å²) in [6.45, 7) is 7.43. The quantitative estimate of drug-likeness (QED) is 0.845. The number of nitriles is 1. The first-order valence-corrected chi connectivity index (χ1v) is 7.06. The van der Waals surface area contributed by atoms with Gasteiger partial charge in [0.2, 0.25) is 0 Å². The average Bonchev–Trinajstić information content (AvgIpc) is 2.44. The Morgan fingerprint density at radius 1 is 1.30 bits per heavy atom. The summed E-state index contributed by atoms with van der Waals surface area (Å²) in [6.07, 6.45) is 0. The van der Waals surface area contributed by atoms with Crippen LogP contribution in [0.15, 0.2) is 18.2 Å². The molecule has 0 aliphatic carbocycles. The molecule has 0 N–H and O–H groups in total. The molecule has 4 heteroatoms. The van der Waals surface area contributed by atoms with Crippen LogP contribution in [-0.2, 0) is 6.54 Å². The summed E-state index contributed by atoms with van der Waals surface area (Å²) in [5.74, 6) is 0.864. The molecule has 0 amide bonds. The Kier molecular flexibility index (Phi) is 4.64. The van der Waals surface area contributed by atoms with Crippen LogP contribution in [0.1, 0.15) is 25.0 Å². The van der Waals surface area contributed by atoms with Crippen LogP contribution in [0, 0.1) is 11.3 Å². The van der Waals surface area contributed by atoms with E-state index < -0.39 is 0 Å². The number of ether oxygens (including phenoxy) is 1. The molecule has 2 atom stereocenters. The Labute approximate surface area is 121 Å². The van der Waals surface area contributed by atoms with Gasteiger partial charge in [-0.05, 0) is 39.1 Å². The van der Waals surface area contributed by atoms with Crippen molar-refractivity contribution >= 4 is 0 Å². The molecule has 0 radical (unpaired) electrons. The predicted octanol–water partition coefficient (Wildman–Crippen LogP) is 2.09. The molecule has 0 bridgehead atoms. The fourth-order valence-corrected chi connectivity index (χ4v) is 2.86. The summed E-state index contributed by atoms with van der Waals surface area (Å²) in [5.41, 5.74) is 1.78. The molecule has 108 valence electrons. The van der Waals surface area contributed by atoms with Crippen LogP contribution in [0.25, 0.3) is 0 Å². The van der Waals surface area contributed by atoms with Gasteiger partial charge >= 0.3 is 0 Å². The van der Waals surface area contributed by atoms with Crippen LogP contribution in [0.4, 0.5) is 0 Å². The van der Waals surface area contributed by atoms with E-state index in [9.17, 15) is 0 Å². The Morgan fingerprint density at radius 3 is 2.50 bits per heavy atom. The van der Waals surface area contributed by atoms with Crippen molar-refractivity contribution in [2.75, 3.05) is 27.2 Å². The van der Waals surface area contributed by atoms with Gasteiger partial charge in [-0.15, -0.1) is 0 Å². The lowest BCUT2D eigenvalue weighted by Gasteiger charge is -2.42. The highest BCUT2D eigenvalue weighted by atomic mass is 16.5. The molecule has 1 fully saturated rings. The molecule has 20 heavy (non-hydrogen) atoms. The molecule has 0 aromatic heterocycles. The van der Waals surface area contributed by atoms with Crippen molar-refractivity contribution in [1.82, 2.24) is 9.80 Å². The number of piperazine rings is 1. The van der Waals surface area contributed by atoms with Gasteiger partial charge < -0.3 is 4.74 Å². The standard InChI is InChI=1S/C16H23N3O/c1-12-9-19(10-13(2)18(12)3)11-15-7-14(8-17)5-6-16(15)20-4/h5-7,12-13H,9-11H2,1-4H3. The zero-order valence-corrected chi connectivity index (χ0v) is 12.8. The van der Waals surface area contributed by atoms with Crippen LogP contribution in [0.2, 0.25) is 0 Å². The first-order valence-electron chi connectivity index (χ1n) is 7.06. The molecule has 4 nitrogen and oxygen atoms in total. The van der Waals surface area contributed by atoms with Crippen molar-refractivity contribution in [3.8, 4) is 11.8 Å². The lowest BCUT2D eigenvalue weighted by atomic mass is 10.1. The lowest BCUT2D eigenvalue weighted by molar-refractivity contribution is 0.0552. The molecule has 0 spiro atoms. The number of nitrogens with zero attached hydrogens (tertiary/aromatic N) is 3. The number of benzene rings is 1. The van der Waals surface area contributed by atoms with Gasteiger partial charge in [-0.1, -0.05) is 0 Å². The second-order valence-corrected chi connectivity index (χ2v) is 5.70. The Hall–Kier alpha value is -1.57. The molecule has 2 unspecified atom stereocenters. The minimum atomic E-state index is 0.545. The van der Waals surface area contributed by atoms with E-state index in [-0.39, 0.29) is 0 Å². The molecule has 1 aromatic carbocycles. The van der Waals surface area contributed by atoms with Gasteiger partial charge in [0.05, 0.1) is 18.7 Å². The smallest absolute Gasteiger partial charge is 0.123 e. The van der Waals surface area contributed by atoms with Gasteiger partial charge in [-0.25, -0.2) is 0 Å². The number of rotatable bonds is 3. The van der Waals surface area contributed by atoms with E-state index >= 15 is 0 Å². The third-order valence-corrected chi connectivity index (χ3v) is 4.24. The van der Waals surface area contributed by atoms with Crippen molar-refractivity contribution < 1.29 is 4.74 Å². The predicted molar refractivity (Wildman–Crippen MR) is 79.7 cm³/mol. The maximum absolute atomic E-state index is 9.04. The van der Waals surface area contributed by atoms with Gasteiger partial charge in [-0.3, -0.25) is 9.80 Å². The molecule has 1 aromatic rings. The van der Waals surface area contributed by atoms with Crippen LogP contribution in [-0.4, -0.2) is 49.1 Å². The SMILES string of the molecule is COc1ccc(C#N)cc1CN1CC(C)N(C)C(C)C1. The van der Waals surface area contributed by atoms with Crippen molar-refractivity contribution in [2.24, 2.45) is 0 Å². The third kappa shape index (κ3) is 3.12. The minimum Gasteiger partial charge on any atom is -0.496 e. The van der Waals surface area contributed by atoms with E-state index in [0.29, 0.717) is 17.6 Å². The topological polar surface area (TPSA) is 39.5 Å². The molecular formula is C16H23N3O. The van der Waals surface area contributed by atoms with E-state index in [1.54, 1.807) is 13.2 Å². The van der Waals surface area contributed by atoms with Gasteiger partial charge in [-0.2, -0.15) is 5.26 Å². The second-order valence-electron chi connectivity index (χ2n) is 5.70. The normalized spacial score (nSPS) is 24.4. The molecule has 1 heterocycles. The molecule has 1 aliphatic heterocycles. The lowest BCUT2D eigenvalue weighted by Crippen LogP contribution is -2.54. The number of likely N-dealkylation sites (N-methyl/N-ethyl adjacent to an activating group) is 1. The van der Waals surface area contributed by atoms with E-state index in [0.717, 1.165) is 30.9 Å². The van der Waals surface area contributed by atoms with E-state index in [1.165, 1.54) is 0 Å². The minimum absolute atomic E-state index is 0.545. The molecule has 0 saturated carbocycles. The van der Waals surface area contributed by atoms with Crippen LogP contribution < -0.4 is 4.74 Å². The molecule has 1 aliphatic rings. The summed E-state index contributed by atoms with van der Waals surface area (Å²) in [6, 6.07) is 8.91. The van der Waals surface area contributed by atoms with Gasteiger partial charge in [0, 0.05) is 37.3 Å². The van der Waals surface area contributed by atoms with Crippen LogP contribution >= 0.6 is 0 Å². The summed E-state index contributed by atoms with van der Waals surface area (Å²) >= 11 is 0. The molecule has 1 saturated heterocycles. The van der Waals surface area contributed by atoms with Crippen LogP contribution in [0.5, 0.6) is 5.75 Å². The average molecular weight is 273 g/mol. The van der Waals surface area contributed by atoms with Crippen LogP contribution in [0.3, 0.4) is 0 Å². The fourth-order valence-electron chi connectivity index (χ4n) is 2.86. The third-order valence-electron chi connectivity index (χ3n) is 4.24. The highest BCUT2D eigenvalue weighted by Crippen LogP contribution is 2.23. The van der Waals surface area contributed by atoms with Gasteiger partial charge in [0.15, 0.2) is 0 Å². The van der Waals surface area contributed by atoms with Gasteiger partial charge in [0.25, 0.3) is 0 Å². The van der Waals surface area contributed by atoms with Crippen molar-refractivity contribution in [3.63, 3.8) is 0 Å². The second kappa shape index (κ2) is 6.25. The number of methoxy groups -OCH3 is 1. The highest BCUT2D eigenvalue weighted by Gasteiger charge is 2.26. The zero-order valence-electron chi connectivity index (χ0n) is 12.8. The van der Waals surface area contributed by atoms with E-state index in [1.807, 2.05) is 12.1 Å². The van der Waals surface area contributed by atoms with Gasteiger partial charge in [0.1, 0.15) is 5.75 Å². The largest absolute Gasteiger partial charge is 0.496 e. The maximum atomic E-state index is 9.04. The van der Waals surface area contributed by atoms with Crippen molar-refractivity contribution in [3.05, 3.63) is 29.3 Å². The number of hydrogen-bond donors (Lipinski definition) is 0. The summed E-state index contributed by atoms with van der Waals surface area (Å²) in [4.78, 5) is 4.85. The molecular weight excluding hydrogens is 250 g/mol. The van der Waals surface area contributed by atoms with E-state index in [2.05, 4.69) is 36.8 Å². The summed E-state index contributed by atoms with van der Waals surface area (Å²) < 4.78 is 5.41. The van der Waals surface area contributed by atoms with Crippen molar-refractivity contribution in [2.45, 2.75) is 32.5 Å². The Bertz CT molecular complexity index is 497. The first kappa shape index (κ1) is 14.8. The monoisotopic (exact) mass is 273 g/mol. The summed E-state index contributed by atoms with van der Waals surface area (Å²) in [7, 11) is 3.86. The first-order chi connectivity index (χ1) is 9.55.